The second-order valence-corrected chi connectivity index (χ2v) is 6.39. The first-order valence-electron chi connectivity index (χ1n) is 8.29. The van der Waals surface area contributed by atoms with Gasteiger partial charge in [-0.2, -0.15) is 4.98 Å². The number of hydrogen-bond acceptors (Lipinski definition) is 7. The highest BCUT2D eigenvalue weighted by Gasteiger charge is 2.21. The first kappa shape index (κ1) is 17.2. The van der Waals surface area contributed by atoms with Gasteiger partial charge in [-0.15, -0.1) is 0 Å². The van der Waals surface area contributed by atoms with Gasteiger partial charge in [-0.1, -0.05) is 24.2 Å². The van der Waals surface area contributed by atoms with Crippen LogP contribution in [0.25, 0.3) is 33.9 Å². The third-order valence-electron chi connectivity index (χ3n) is 4.15. The molecule has 138 valence electrons. The van der Waals surface area contributed by atoms with Crippen molar-refractivity contribution in [3.05, 3.63) is 41.5 Å². The number of halogens is 2. The van der Waals surface area contributed by atoms with Gasteiger partial charge in [0, 0.05) is 17.5 Å². The number of aromatic nitrogens is 5. The van der Waals surface area contributed by atoms with Crippen LogP contribution in [0.4, 0.5) is 8.78 Å². The summed E-state index contributed by atoms with van der Waals surface area (Å²) in [5.74, 6) is 0.680. The molecule has 0 aliphatic heterocycles. The van der Waals surface area contributed by atoms with E-state index in [9.17, 15) is 8.78 Å². The van der Waals surface area contributed by atoms with Gasteiger partial charge in [-0.05, 0) is 31.0 Å². The van der Waals surface area contributed by atoms with Gasteiger partial charge in [0.25, 0.3) is 18.0 Å². The lowest BCUT2D eigenvalue weighted by molar-refractivity contribution is 0.146. The van der Waals surface area contributed by atoms with Crippen molar-refractivity contribution < 1.29 is 17.8 Å². The molecule has 0 aromatic carbocycles. The van der Waals surface area contributed by atoms with E-state index in [2.05, 4.69) is 25.3 Å². The number of rotatable bonds is 4. The van der Waals surface area contributed by atoms with Gasteiger partial charge in [0.1, 0.15) is 5.69 Å². The maximum atomic E-state index is 12.7. The van der Waals surface area contributed by atoms with Gasteiger partial charge < -0.3 is 9.05 Å². The monoisotopic (exact) mass is 371 g/mol. The Bertz CT molecular complexity index is 1100. The molecule has 0 bridgehead atoms. The van der Waals surface area contributed by atoms with Crippen molar-refractivity contribution in [2.24, 2.45) is 0 Å². The number of alkyl halides is 2. The summed E-state index contributed by atoms with van der Waals surface area (Å²) in [5.41, 5.74) is 2.70. The minimum absolute atomic E-state index is 0.159. The molecule has 0 amide bonds. The first-order chi connectivity index (χ1) is 12.9. The van der Waals surface area contributed by atoms with Crippen LogP contribution in [-0.4, -0.2) is 25.3 Å². The average molecular weight is 371 g/mol. The Kier molecular flexibility index (Phi) is 4.14. The van der Waals surface area contributed by atoms with E-state index in [1.807, 2.05) is 19.9 Å². The molecular formula is C18H15F2N5O2. The van der Waals surface area contributed by atoms with Gasteiger partial charge in [0.2, 0.25) is 5.82 Å². The predicted molar refractivity (Wildman–Crippen MR) is 92.1 cm³/mol. The van der Waals surface area contributed by atoms with Crippen LogP contribution in [0.2, 0.25) is 0 Å². The van der Waals surface area contributed by atoms with Crippen LogP contribution in [-0.2, 0) is 0 Å². The Morgan fingerprint density at radius 3 is 2.48 bits per heavy atom. The summed E-state index contributed by atoms with van der Waals surface area (Å²) in [5, 5.41) is 8.61. The number of hydrogen-bond donors (Lipinski definition) is 0. The molecule has 0 unspecified atom stereocenters. The Hall–Kier alpha value is -3.23. The molecule has 27 heavy (non-hydrogen) atoms. The Balaban J connectivity index is 1.80. The summed E-state index contributed by atoms with van der Waals surface area (Å²) in [4.78, 5) is 12.6. The summed E-state index contributed by atoms with van der Waals surface area (Å²) < 4.78 is 36.0. The second kappa shape index (κ2) is 6.49. The maximum absolute atomic E-state index is 12.7. The molecule has 0 N–H and O–H groups in total. The van der Waals surface area contributed by atoms with Crippen molar-refractivity contribution in [3.63, 3.8) is 0 Å². The third-order valence-corrected chi connectivity index (χ3v) is 4.15. The largest absolute Gasteiger partial charge is 0.336 e. The van der Waals surface area contributed by atoms with Gasteiger partial charge in [0.15, 0.2) is 0 Å². The molecule has 4 heterocycles. The van der Waals surface area contributed by atoms with E-state index in [0.29, 0.717) is 27.9 Å². The van der Waals surface area contributed by atoms with Crippen LogP contribution >= 0.6 is 0 Å². The molecule has 9 heteroatoms. The minimum atomic E-state index is -2.63. The van der Waals surface area contributed by atoms with Gasteiger partial charge in [0.05, 0.1) is 16.6 Å². The fourth-order valence-corrected chi connectivity index (χ4v) is 2.69. The molecule has 0 atom stereocenters. The molecule has 0 fully saturated rings. The highest BCUT2D eigenvalue weighted by molar-refractivity contribution is 5.91. The van der Waals surface area contributed by atoms with E-state index in [-0.39, 0.29) is 23.3 Å². The smallest absolute Gasteiger partial charge is 0.280 e. The molecule has 4 aromatic heterocycles. The van der Waals surface area contributed by atoms with E-state index in [4.69, 9.17) is 9.05 Å². The van der Waals surface area contributed by atoms with E-state index in [1.54, 1.807) is 6.92 Å². The fourth-order valence-electron chi connectivity index (χ4n) is 2.69. The topological polar surface area (TPSA) is 90.7 Å². The average Bonchev–Trinajstić information content (AvgIpc) is 3.28. The Morgan fingerprint density at radius 1 is 1.00 bits per heavy atom. The highest BCUT2D eigenvalue weighted by atomic mass is 19.3. The highest BCUT2D eigenvalue weighted by Crippen LogP contribution is 2.33. The molecule has 0 spiro atoms. The van der Waals surface area contributed by atoms with Crippen LogP contribution in [0.5, 0.6) is 0 Å². The number of fused-ring (bicyclic) bond motifs is 1. The summed E-state index contributed by atoms with van der Waals surface area (Å²) in [6.07, 6.45) is -1.33. The van der Waals surface area contributed by atoms with Gasteiger partial charge in [-0.25, -0.2) is 13.8 Å². The molecule has 0 aliphatic rings. The fraction of sp³-hybridized carbons (Fsp3) is 0.278. The van der Waals surface area contributed by atoms with E-state index in [0.717, 1.165) is 5.69 Å². The molecular weight excluding hydrogens is 356 g/mol. The lowest BCUT2D eigenvalue weighted by atomic mass is 10.0. The summed E-state index contributed by atoms with van der Waals surface area (Å²) >= 11 is 0. The van der Waals surface area contributed by atoms with E-state index < -0.39 is 6.43 Å². The molecule has 0 saturated carbocycles. The van der Waals surface area contributed by atoms with Crippen LogP contribution in [0.1, 0.15) is 43.3 Å². The minimum Gasteiger partial charge on any atom is -0.336 e. The first-order valence-corrected chi connectivity index (χ1v) is 8.29. The lowest BCUT2D eigenvalue weighted by Gasteiger charge is -2.05. The van der Waals surface area contributed by atoms with Crippen molar-refractivity contribution in [2.45, 2.75) is 33.1 Å². The van der Waals surface area contributed by atoms with Crippen LogP contribution in [0.15, 0.2) is 33.4 Å². The SMILES string of the molecule is Cc1noc2nc(C(C)C)cc(-c3nc(-c4ccc(C(F)F)nc4)no3)c12. The zero-order valence-electron chi connectivity index (χ0n) is 14.8. The van der Waals surface area contributed by atoms with Crippen molar-refractivity contribution in [1.29, 1.82) is 0 Å². The molecule has 4 aromatic rings. The van der Waals surface area contributed by atoms with E-state index >= 15 is 0 Å². The number of nitrogens with zero attached hydrogens (tertiary/aromatic N) is 5. The van der Waals surface area contributed by atoms with Crippen LogP contribution < -0.4 is 0 Å². The van der Waals surface area contributed by atoms with Crippen LogP contribution in [0, 0.1) is 6.92 Å². The van der Waals surface area contributed by atoms with Gasteiger partial charge in [-0.3, -0.25) is 4.98 Å². The van der Waals surface area contributed by atoms with Gasteiger partial charge >= 0.3 is 0 Å². The second-order valence-electron chi connectivity index (χ2n) is 6.39. The zero-order valence-corrected chi connectivity index (χ0v) is 14.8. The molecule has 0 aliphatic carbocycles. The van der Waals surface area contributed by atoms with Crippen molar-refractivity contribution in [2.75, 3.05) is 0 Å². The Morgan fingerprint density at radius 2 is 1.81 bits per heavy atom. The molecule has 7 nitrogen and oxygen atoms in total. The summed E-state index contributed by atoms with van der Waals surface area (Å²) in [6.45, 7) is 5.82. The normalized spacial score (nSPS) is 11.8. The van der Waals surface area contributed by atoms with Crippen molar-refractivity contribution in [1.82, 2.24) is 25.3 Å². The number of pyridine rings is 2. The standard InChI is InChI=1S/C18H15F2N5O2/c1-8(2)13-6-11(14-9(3)24-27-18(14)22-13)17-23-16(25-26-17)10-4-5-12(15(19)20)21-7-10/h4-8,15H,1-3H3. The van der Waals surface area contributed by atoms with Crippen molar-refractivity contribution >= 4 is 11.1 Å². The number of aryl methyl sites for hydroxylation is 1. The third kappa shape index (κ3) is 3.05. The maximum Gasteiger partial charge on any atom is 0.280 e. The summed E-state index contributed by atoms with van der Waals surface area (Å²) in [6, 6.07) is 4.59. The Labute approximate surface area is 152 Å². The molecule has 0 radical (unpaired) electrons. The predicted octanol–water partition coefficient (Wildman–Crippen LogP) is 4.70. The molecule has 4 rings (SSSR count). The van der Waals surface area contributed by atoms with E-state index in [1.165, 1.54) is 18.3 Å². The molecule has 0 saturated heterocycles. The zero-order chi connectivity index (χ0) is 19.1. The summed E-state index contributed by atoms with van der Waals surface area (Å²) in [7, 11) is 0. The van der Waals surface area contributed by atoms with Crippen molar-refractivity contribution in [3.8, 4) is 22.8 Å². The lowest BCUT2D eigenvalue weighted by Crippen LogP contribution is -1.95. The van der Waals surface area contributed by atoms with Crippen LogP contribution in [0.3, 0.4) is 0 Å². The quantitative estimate of drug-likeness (QED) is 0.513.